The zero-order valence-corrected chi connectivity index (χ0v) is 9.97. The highest BCUT2D eigenvalue weighted by Crippen LogP contribution is 2.05. The Morgan fingerprint density at radius 2 is 2.18 bits per heavy atom. The van der Waals surface area contributed by atoms with E-state index in [1.165, 1.54) is 10.6 Å². The lowest BCUT2D eigenvalue weighted by Gasteiger charge is -2.20. The number of carbonyl (C=O) groups is 1. The molecule has 0 atom stereocenters. The van der Waals surface area contributed by atoms with Crippen molar-refractivity contribution in [2.45, 2.75) is 25.9 Å². The van der Waals surface area contributed by atoms with Crippen LogP contribution in [0.3, 0.4) is 0 Å². The van der Waals surface area contributed by atoms with E-state index < -0.39 is 11.4 Å². The summed E-state index contributed by atoms with van der Waals surface area (Å²) in [7, 11) is 0. The van der Waals surface area contributed by atoms with E-state index in [1.54, 1.807) is 12.3 Å². The average molecular weight is 239 g/mol. The topological polar surface area (TPSA) is 100 Å². The first-order chi connectivity index (χ1) is 7.79. The smallest absolute Gasteiger partial charge is 0.292 e. The zero-order chi connectivity index (χ0) is 13.1. The third kappa shape index (κ3) is 4.28. The number of ether oxygens (including phenoxy) is 1. The van der Waals surface area contributed by atoms with Crippen molar-refractivity contribution in [2.75, 3.05) is 6.61 Å². The van der Waals surface area contributed by atoms with Gasteiger partial charge in [0.1, 0.15) is 0 Å². The molecule has 1 amide bonds. The Kier molecular flexibility index (Phi) is 3.90. The van der Waals surface area contributed by atoms with Crippen LogP contribution in [-0.2, 0) is 11.3 Å². The average Bonchev–Trinajstić information content (AvgIpc) is 2.17. The number of hydrogen-bond donors (Lipinski definition) is 2. The number of nitrogens with zero attached hydrogens (tertiary/aromatic N) is 1. The minimum absolute atomic E-state index is 0.0931. The van der Waals surface area contributed by atoms with Gasteiger partial charge in [0.25, 0.3) is 11.5 Å². The van der Waals surface area contributed by atoms with Crippen LogP contribution in [0.5, 0.6) is 5.75 Å². The highest BCUT2D eigenvalue weighted by Gasteiger charge is 2.14. The Balaban J connectivity index is 2.92. The van der Waals surface area contributed by atoms with Crippen molar-refractivity contribution in [3.05, 3.63) is 28.7 Å². The molecule has 17 heavy (non-hydrogen) atoms. The molecule has 0 radical (unpaired) electrons. The molecule has 0 spiro atoms. The predicted octanol–water partition coefficient (Wildman–Crippen LogP) is -0.550. The van der Waals surface area contributed by atoms with Gasteiger partial charge in [0.15, 0.2) is 12.4 Å². The summed E-state index contributed by atoms with van der Waals surface area (Å²) in [6.07, 6.45) is 1.62. The van der Waals surface area contributed by atoms with Crippen molar-refractivity contribution < 1.29 is 9.53 Å². The minimum Gasteiger partial charge on any atom is -0.478 e. The Morgan fingerprint density at radius 1 is 1.53 bits per heavy atom. The largest absolute Gasteiger partial charge is 0.478 e. The molecule has 1 rings (SSSR count). The molecule has 0 aliphatic rings. The van der Waals surface area contributed by atoms with E-state index in [9.17, 15) is 9.59 Å². The van der Waals surface area contributed by atoms with Crippen LogP contribution < -0.4 is 21.8 Å². The Morgan fingerprint density at radius 3 is 2.71 bits per heavy atom. The van der Waals surface area contributed by atoms with E-state index in [2.05, 4.69) is 0 Å². The molecule has 94 valence electrons. The summed E-state index contributed by atoms with van der Waals surface area (Å²) in [6.45, 7) is 3.68. The van der Waals surface area contributed by atoms with Gasteiger partial charge < -0.3 is 20.8 Å². The van der Waals surface area contributed by atoms with Gasteiger partial charge in [-0.15, -0.1) is 0 Å². The van der Waals surface area contributed by atoms with Gasteiger partial charge in [-0.2, -0.15) is 0 Å². The van der Waals surface area contributed by atoms with E-state index in [0.717, 1.165) is 0 Å². The van der Waals surface area contributed by atoms with Gasteiger partial charge in [0.05, 0.1) is 0 Å². The summed E-state index contributed by atoms with van der Waals surface area (Å²) in [5.74, 6) is -0.533. The molecule has 0 saturated carbocycles. The zero-order valence-electron chi connectivity index (χ0n) is 9.97. The number of aromatic nitrogens is 1. The Hall–Kier alpha value is -1.82. The van der Waals surface area contributed by atoms with Gasteiger partial charge in [-0.05, 0) is 26.0 Å². The van der Waals surface area contributed by atoms with E-state index in [4.69, 9.17) is 16.2 Å². The fourth-order valence-corrected chi connectivity index (χ4v) is 1.34. The first kappa shape index (κ1) is 13.2. The summed E-state index contributed by atoms with van der Waals surface area (Å²) in [6, 6.07) is 3.15. The third-order valence-electron chi connectivity index (χ3n) is 1.93. The molecule has 6 nitrogen and oxygen atoms in total. The van der Waals surface area contributed by atoms with E-state index in [-0.39, 0.29) is 17.9 Å². The maximum Gasteiger partial charge on any atom is 0.292 e. The van der Waals surface area contributed by atoms with Crippen molar-refractivity contribution in [3.63, 3.8) is 0 Å². The number of primary amides is 1. The lowest BCUT2D eigenvalue weighted by Crippen LogP contribution is -2.40. The molecule has 0 aliphatic carbocycles. The van der Waals surface area contributed by atoms with E-state index >= 15 is 0 Å². The Bertz CT molecular complexity index is 460. The quantitative estimate of drug-likeness (QED) is 0.720. The van der Waals surface area contributed by atoms with Crippen molar-refractivity contribution in [1.29, 1.82) is 0 Å². The molecule has 0 bridgehead atoms. The van der Waals surface area contributed by atoms with Crippen molar-refractivity contribution in [3.8, 4) is 5.75 Å². The van der Waals surface area contributed by atoms with Gasteiger partial charge in [-0.1, -0.05) is 0 Å². The lowest BCUT2D eigenvalue weighted by atomic mass is 10.1. The molecular weight excluding hydrogens is 222 g/mol. The lowest BCUT2D eigenvalue weighted by molar-refractivity contribution is -0.119. The molecule has 0 fully saturated rings. The molecule has 4 N–H and O–H groups in total. The maximum absolute atomic E-state index is 11.9. The van der Waals surface area contributed by atoms with Crippen LogP contribution in [0.1, 0.15) is 13.8 Å². The van der Waals surface area contributed by atoms with E-state index in [1.807, 2.05) is 13.8 Å². The maximum atomic E-state index is 11.9. The van der Waals surface area contributed by atoms with Gasteiger partial charge in [0, 0.05) is 18.3 Å². The first-order valence-electron chi connectivity index (χ1n) is 5.19. The molecule has 1 aromatic heterocycles. The summed E-state index contributed by atoms with van der Waals surface area (Å²) in [4.78, 5) is 22.5. The van der Waals surface area contributed by atoms with Crippen LogP contribution in [0.15, 0.2) is 23.1 Å². The minimum atomic E-state index is -0.626. The predicted molar refractivity (Wildman–Crippen MR) is 63.7 cm³/mol. The number of nitrogens with two attached hydrogens (primary N) is 2. The van der Waals surface area contributed by atoms with Crippen LogP contribution in [0.25, 0.3) is 0 Å². The molecular formula is C11H17N3O3. The van der Waals surface area contributed by atoms with Gasteiger partial charge in [-0.25, -0.2) is 0 Å². The SMILES string of the molecule is CC(C)(N)Cn1cccc(OCC(N)=O)c1=O. The number of rotatable bonds is 5. The highest BCUT2D eigenvalue weighted by atomic mass is 16.5. The number of carbonyl (C=O) groups excluding carboxylic acids is 1. The van der Waals surface area contributed by atoms with Crippen LogP contribution in [0, 0.1) is 0 Å². The standard InChI is InChI=1S/C11H17N3O3/c1-11(2,13)7-14-5-3-4-8(10(14)16)17-6-9(12)15/h3-5H,6-7,13H2,1-2H3,(H2,12,15). The van der Waals surface area contributed by atoms with Crippen molar-refractivity contribution in [1.82, 2.24) is 4.57 Å². The van der Waals surface area contributed by atoms with E-state index in [0.29, 0.717) is 6.54 Å². The Labute approximate surface area is 99.2 Å². The number of hydrogen-bond acceptors (Lipinski definition) is 4. The molecule has 1 aromatic rings. The fraction of sp³-hybridized carbons (Fsp3) is 0.455. The van der Waals surface area contributed by atoms with Gasteiger partial charge in [-0.3, -0.25) is 9.59 Å². The summed E-state index contributed by atoms with van der Waals surface area (Å²) in [5.41, 5.74) is 9.94. The third-order valence-corrected chi connectivity index (χ3v) is 1.93. The van der Waals surface area contributed by atoms with Crippen LogP contribution in [-0.4, -0.2) is 22.6 Å². The summed E-state index contributed by atoms with van der Waals surface area (Å²) in [5, 5.41) is 0. The molecule has 0 unspecified atom stereocenters. The second-order valence-corrected chi connectivity index (χ2v) is 4.55. The highest BCUT2D eigenvalue weighted by molar-refractivity contribution is 5.75. The molecule has 0 aliphatic heterocycles. The second-order valence-electron chi connectivity index (χ2n) is 4.55. The fourth-order valence-electron chi connectivity index (χ4n) is 1.34. The summed E-state index contributed by atoms with van der Waals surface area (Å²) >= 11 is 0. The van der Waals surface area contributed by atoms with Gasteiger partial charge >= 0.3 is 0 Å². The molecule has 0 aromatic carbocycles. The van der Waals surface area contributed by atoms with Crippen molar-refractivity contribution >= 4 is 5.91 Å². The van der Waals surface area contributed by atoms with Crippen LogP contribution in [0.4, 0.5) is 0 Å². The van der Waals surface area contributed by atoms with Crippen LogP contribution in [0.2, 0.25) is 0 Å². The molecule has 1 heterocycles. The van der Waals surface area contributed by atoms with Crippen molar-refractivity contribution in [2.24, 2.45) is 11.5 Å². The summed E-state index contributed by atoms with van der Waals surface area (Å²) < 4.78 is 6.45. The molecule has 0 saturated heterocycles. The number of pyridine rings is 1. The molecule has 6 heteroatoms. The normalized spacial score (nSPS) is 11.2. The first-order valence-corrected chi connectivity index (χ1v) is 5.19. The van der Waals surface area contributed by atoms with Gasteiger partial charge in [0.2, 0.25) is 0 Å². The second kappa shape index (κ2) is 5.01. The monoisotopic (exact) mass is 239 g/mol. The van der Waals surface area contributed by atoms with Crippen LogP contribution >= 0.6 is 0 Å². The number of amides is 1.